The molecule has 0 aromatic rings. The smallest absolute Gasteiger partial charge is 0.332 e. The van der Waals surface area contributed by atoms with E-state index in [-0.39, 0.29) is 18.1 Å². The first-order chi connectivity index (χ1) is 13.0. The van der Waals surface area contributed by atoms with Gasteiger partial charge in [0.1, 0.15) is 0 Å². The van der Waals surface area contributed by atoms with Crippen LogP contribution in [-0.2, 0) is 19.0 Å². The maximum atomic E-state index is 12.0. The van der Waals surface area contributed by atoms with Crippen molar-refractivity contribution in [1.29, 1.82) is 0 Å². The van der Waals surface area contributed by atoms with E-state index >= 15 is 0 Å². The summed E-state index contributed by atoms with van der Waals surface area (Å²) in [6, 6.07) is 0.528. The molecule has 5 heteroatoms. The number of hydrogen-bond acceptors (Lipinski definition) is 5. The lowest BCUT2D eigenvalue weighted by Crippen LogP contribution is -2.52. The summed E-state index contributed by atoms with van der Waals surface area (Å²) < 4.78 is 16.5. The van der Waals surface area contributed by atoms with Crippen LogP contribution in [0.2, 0.25) is 0 Å². The van der Waals surface area contributed by atoms with Crippen molar-refractivity contribution in [3.05, 3.63) is 35.5 Å². The highest BCUT2D eigenvalue weighted by Crippen LogP contribution is 2.61. The quantitative estimate of drug-likeness (QED) is 0.330. The Morgan fingerprint density at radius 1 is 1.52 bits per heavy atom. The standard InChI is InChI=1S/C19H23NO4.C3H6/c1-4-23-17(22-3)9-8-13-14-11-16(21)24-19(14)15-7-5-6-10-20(15)12(2)18(13)19;1-3-2/h11-12,15,17H,4-7,10H2,1-3H3;3H,1H2,2H3/t12-,15?,17?,19-;/m0./s1. The molecule has 0 saturated carbocycles. The Labute approximate surface area is 162 Å². The Kier molecular flexibility index (Phi) is 5.90. The second kappa shape index (κ2) is 8.02. The van der Waals surface area contributed by atoms with E-state index in [1.54, 1.807) is 19.3 Å². The van der Waals surface area contributed by atoms with Crippen LogP contribution in [0.15, 0.2) is 35.5 Å². The van der Waals surface area contributed by atoms with Gasteiger partial charge in [0.2, 0.25) is 6.29 Å². The first kappa shape index (κ1) is 19.9. The monoisotopic (exact) mass is 371 g/mol. The Morgan fingerprint density at radius 2 is 2.26 bits per heavy atom. The van der Waals surface area contributed by atoms with E-state index in [2.05, 4.69) is 30.2 Å². The molecule has 4 aliphatic rings. The second-order valence-corrected chi connectivity index (χ2v) is 7.13. The average molecular weight is 371 g/mol. The van der Waals surface area contributed by atoms with E-state index in [4.69, 9.17) is 14.2 Å². The van der Waals surface area contributed by atoms with Crippen molar-refractivity contribution in [2.75, 3.05) is 20.3 Å². The molecule has 2 unspecified atom stereocenters. The second-order valence-electron chi connectivity index (χ2n) is 7.13. The molecule has 27 heavy (non-hydrogen) atoms. The zero-order valence-electron chi connectivity index (χ0n) is 16.7. The van der Waals surface area contributed by atoms with Crippen molar-refractivity contribution in [2.45, 2.75) is 64.0 Å². The van der Waals surface area contributed by atoms with Gasteiger partial charge in [-0.25, -0.2) is 4.79 Å². The predicted octanol–water partition coefficient (Wildman–Crippen LogP) is 2.98. The Balaban J connectivity index is 0.000000659. The molecule has 1 spiro atoms. The van der Waals surface area contributed by atoms with Gasteiger partial charge in [-0.15, -0.1) is 6.58 Å². The normalized spacial score (nSPS) is 31.7. The number of ether oxygens (including phenoxy) is 3. The number of hydrogen-bond donors (Lipinski definition) is 0. The van der Waals surface area contributed by atoms with Crippen LogP contribution in [0, 0.1) is 11.8 Å². The number of nitrogens with zero attached hydrogens (tertiary/aromatic N) is 1. The summed E-state index contributed by atoms with van der Waals surface area (Å²) in [6.45, 7) is 11.0. The van der Waals surface area contributed by atoms with E-state index < -0.39 is 11.9 Å². The van der Waals surface area contributed by atoms with Gasteiger partial charge in [0.25, 0.3) is 0 Å². The molecule has 3 aliphatic heterocycles. The van der Waals surface area contributed by atoms with Crippen LogP contribution < -0.4 is 0 Å². The fourth-order valence-corrected chi connectivity index (χ4v) is 4.75. The van der Waals surface area contributed by atoms with Gasteiger partial charge in [-0.1, -0.05) is 18.4 Å². The van der Waals surface area contributed by atoms with E-state index in [0.29, 0.717) is 6.61 Å². The number of carbonyl (C=O) groups is 1. The lowest BCUT2D eigenvalue weighted by Gasteiger charge is -2.43. The predicted molar refractivity (Wildman–Crippen MR) is 104 cm³/mol. The van der Waals surface area contributed by atoms with Crippen molar-refractivity contribution < 1.29 is 19.0 Å². The van der Waals surface area contributed by atoms with Crippen molar-refractivity contribution in [1.82, 2.24) is 4.90 Å². The zero-order valence-corrected chi connectivity index (χ0v) is 16.7. The van der Waals surface area contributed by atoms with Crippen LogP contribution in [-0.4, -0.2) is 55.1 Å². The molecule has 4 atom stereocenters. The van der Waals surface area contributed by atoms with Crippen molar-refractivity contribution >= 4 is 5.97 Å². The van der Waals surface area contributed by atoms with Crippen LogP contribution >= 0.6 is 0 Å². The summed E-state index contributed by atoms with van der Waals surface area (Å²) in [5, 5.41) is 0. The van der Waals surface area contributed by atoms with Crippen LogP contribution in [0.5, 0.6) is 0 Å². The Bertz CT molecular complexity index is 741. The van der Waals surface area contributed by atoms with Gasteiger partial charge in [-0.2, -0.15) is 0 Å². The Morgan fingerprint density at radius 3 is 2.93 bits per heavy atom. The molecule has 4 rings (SSSR count). The minimum atomic E-state index is -0.545. The molecule has 0 radical (unpaired) electrons. The molecule has 0 N–H and O–H groups in total. The van der Waals surface area contributed by atoms with Gasteiger partial charge in [-0.05, 0) is 46.1 Å². The molecule has 0 aromatic carbocycles. The fraction of sp³-hybridized carbons (Fsp3) is 0.591. The number of fused-ring (bicyclic) bond motifs is 1. The highest BCUT2D eigenvalue weighted by Gasteiger charge is 2.68. The summed E-state index contributed by atoms with van der Waals surface area (Å²) in [7, 11) is 1.58. The molecular weight excluding hydrogens is 342 g/mol. The van der Waals surface area contributed by atoms with Crippen LogP contribution in [0.4, 0.5) is 0 Å². The molecule has 1 aliphatic carbocycles. The zero-order chi connectivity index (χ0) is 19.6. The maximum absolute atomic E-state index is 12.0. The van der Waals surface area contributed by atoms with Crippen molar-refractivity contribution in [3.63, 3.8) is 0 Å². The SMILES string of the molecule is C=CC.CCOC(C#CC1=C2[C@H](C)N3CCCCC3[C@]23OC(=O)C=C13)OC. The van der Waals surface area contributed by atoms with E-state index in [1.807, 2.05) is 13.8 Å². The molecule has 146 valence electrons. The lowest BCUT2D eigenvalue weighted by atomic mass is 9.65. The summed E-state index contributed by atoms with van der Waals surface area (Å²) in [5.41, 5.74) is 2.55. The molecule has 3 heterocycles. The van der Waals surface area contributed by atoms with Gasteiger partial charge in [0.15, 0.2) is 5.60 Å². The number of esters is 1. The third kappa shape index (κ3) is 3.06. The Hall–Kier alpha value is -1.87. The summed E-state index contributed by atoms with van der Waals surface area (Å²) in [6.07, 6.45) is 6.29. The van der Waals surface area contributed by atoms with Gasteiger partial charge in [0, 0.05) is 42.6 Å². The summed E-state index contributed by atoms with van der Waals surface area (Å²) >= 11 is 0. The average Bonchev–Trinajstić information content (AvgIpc) is 3.05. The third-order valence-corrected chi connectivity index (χ3v) is 5.64. The number of carbonyl (C=O) groups excluding carboxylic acids is 1. The molecule has 0 aromatic heterocycles. The topological polar surface area (TPSA) is 48.0 Å². The van der Waals surface area contributed by atoms with Crippen molar-refractivity contribution in [3.8, 4) is 11.8 Å². The largest absolute Gasteiger partial charge is 0.445 e. The fourth-order valence-electron chi connectivity index (χ4n) is 4.75. The van der Waals surface area contributed by atoms with Crippen LogP contribution in [0.25, 0.3) is 0 Å². The van der Waals surface area contributed by atoms with E-state index in [0.717, 1.165) is 24.1 Å². The minimum absolute atomic E-state index is 0.243. The van der Waals surface area contributed by atoms with Gasteiger partial charge >= 0.3 is 5.97 Å². The molecule has 0 amide bonds. The number of allylic oxidation sites excluding steroid dienone is 1. The first-order valence-electron chi connectivity index (χ1n) is 9.74. The van der Waals surface area contributed by atoms with Crippen LogP contribution in [0.3, 0.4) is 0 Å². The van der Waals surface area contributed by atoms with Gasteiger partial charge < -0.3 is 14.2 Å². The molecule has 2 fully saturated rings. The molecule has 0 bridgehead atoms. The van der Waals surface area contributed by atoms with Crippen LogP contribution in [0.1, 0.15) is 40.0 Å². The molecular formula is C22H29NO4. The van der Waals surface area contributed by atoms with Crippen molar-refractivity contribution in [2.24, 2.45) is 0 Å². The van der Waals surface area contributed by atoms with E-state index in [9.17, 15) is 4.79 Å². The lowest BCUT2D eigenvalue weighted by molar-refractivity contribution is -0.146. The number of piperidine rings is 1. The maximum Gasteiger partial charge on any atom is 0.332 e. The number of rotatable bonds is 3. The molecule has 2 saturated heterocycles. The summed E-state index contributed by atoms with van der Waals surface area (Å²) in [4.78, 5) is 14.5. The first-order valence-corrected chi connectivity index (χ1v) is 9.74. The third-order valence-electron chi connectivity index (χ3n) is 5.64. The van der Waals surface area contributed by atoms with E-state index in [1.165, 1.54) is 18.4 Å². The molecule has 5 nitrogen and oxygen atoms in total. The van der Waals surface area contributed by atoms with Gasteiger partial charge in [-0.3, -0.25) is 4.90 Å². The highest BCUT2D eigenvalue weighted by molar-refractivity contribution is 5.94. The summed E-state index contributed by atoms with van der Waals surface area (Å²) in [5.74, 6) is 5.99. The van der Waals surface area contributed by atoms with Gasteiger partial charge in [0.05, 0.1) is 6.04 Å². The number of methoxy groups -OCH3 is 1. The highest BCUT2D eigenvalue weighted by atomic mass is 16.7. The minimum Gasteiger partial charge on any atom is -0.445 e.